The molecule has 10 nitrogen and oxygen atoms in total. The molecule has 1 N–H and O–H groups in total. The van der Waals surface area contributed by atoms with Crippen LogP contribution in [0.25, 0.3) is 21.1 Å². The highest BCUT2D eigenvalue weighted by Crippen LogP contribution is 2.37. The first-order valence-corrected chi connectivity index (χ1v) is 17.2. The molecule has 2 aromatic heterocycles. The van der Waals surface area contributed by atoms with Crippen molar-refractivity contribution in [2.24, 2.45) is 5.92 Å². The molecule has 6 rings (SSSR count). The van der Waals surface area contributed by atoms with Gasteiger partial charge in [-0.2, -0.15) is 5.26 Å². The molecule has 0 unspecified atom stereocenters. The summed E-state index contributed by atoms with van der Waals surface area (Å²) < 4.78 is 33.9. The van der Waals surface area contributed by atoms with E-state index in [0.717, 1.165) is 59.7 Å². The van der Waals surface area contributed by atoms with Crippen molar-refractivity contribution in [1.82, 2.24) is 15.3 Å². The van der Waals surface area contributed by atoms with E-state index in [2.05, 4.69) is 26.3 Å². The van der Waals surface area contributed by atoms with Crippen molar-refractivity contribution < 1.29 is 24.1 Å². The van der Waals surface area contributed by atoms with Crippen LogP contribution < -0.4 is 19.7 Å². The molecule has 2 saturated carbocycles. The first kappa shape index (κ1) is 30.8. The average Bonchev–Trinajstić information content (AvgIpc) is 3.64. The standard InChI is InChI=1S/C20H21N3O4S2.C11H16N2O.H2/c1-26-16-11-17(27-2)19(21-12-16)20-22-13-18(28-20)14-3-5-15(6-4-14)23-7-9-29(24,25)10-8-23;12-8-11(6-7-11)13-10(14)9-4-2-1-3-5-9;/h3-6,11-13H,7-10H2,1-2H3;9H,1-7H2,(H,13,14);1H. The molecule has 1 amide bonds. The van der Waals surface area contributed by atoms with Crippen LogP contribution >= 0.6 is 11.3 Å². The second-order valence-corrected chi connectivity index (χ2v) is 14.5. The molecule has 3 aromatic rings. The van der Waals surface area contributed by atoms with Crippen LogP contribution in [-0.2, 0) is 14.6 Å². The summed E-state index contributed by atoms with van der Waals surface area (Å²) in [5, 5.41) is 12.5. The minimum atomic E-state index is -2.88. The molecule has 1 aliphatic heterocycles. The van der Waals surface area contributed by atoms with Crippen LogP contribution in [0.5, 0.6) is 11.5 Å². The highest BCUT2D eigenvalue weighted by molar-refractivity contribution is 7.91. The fourth-order valence-electron chi connectivity index (χ4n) is 5.27. The number of carbonyl (C=O) groups excluding carboxylic acids is 1. The maximum absolute atomic E-state index is 11.8. The van der Waals surface area contributed by atoms with E-state index >= 15 is 0 Å². The number of nitrogens with one attached hydrogen (secondary N) is 1. The number of amides is 1. The quantitative estimate of drug-likeness (QED) is 0.380. The topological polar surface area (TPSA) is 135 Å². The highest BCUT2D eigenvalue weighted by atomic mass is 32.2. The summed E-state index contributed by atoms with van der Waals surface area (Å²) in [5.74, 6) is 1.95. The smallest absolute Gasteiger partial charge is 0.224 e. The Hall–Kier alpha value is -3.69. The lowest BCUT2D eigenvalue weighted by Gasteiger charge is -2.28. The molecule has 230 valence electrons. The zero-order chi connectivity index (χ0) is 30.5. The molecular weight excluding hydrogens is 587 g/mol. The minimum Gasteiger partial charge on any atom is -0.495 e. The van der Waals surface area contributed by atoms with Gasteiger partial charge in [0.15, 0.2) is 15.6 Å². The Morgan fingerprint density at radius 1 is 1.07 bits per heavy atom. The lowest BCUT2D eigenvalue weighted by molar-refractivity contribution is -0.126. The van der Waals surface area contributed by atoms with Crippen molar-refractivity contribution in [3.05, 3.63) is 42.7 Å². The molecule has 0 bridgehead atoms. The molecule has 1 saturated heterocycles. The maximum Gasteiger partial charge on any atom is 0.224 e. The second kappa shape index (κ2) is 13.3. The van der Waals surface area contributed by atoms with Gasteiger partial charge < -0.3 is 19.7 Å². The second-order valence-electron chi connectivity index (χ2n) is 11.2. The summed E-state index contributed by atoms with van der Waals surface area (Å²) in [6.07, 6.45) is 10.7. The van der Waals surface area contributed by atoms with E-state index in [1.54, 1.807) is 26.5 Å². The molecular formula is C31H39N5O5S2. The van der Waals surface area contributed by atoms with E-state index in [1.807, 2.05) is 30.5 Å². The number of nitrogens with zero attached hydrogens (tertiary/aromatic N) is 4. The Balaban J connectivity index is 0.000000248. The molecule has 3 fully saturated rings. The van der Waals surface area contributed by atoms with Gasteiger partial charge in [0, 0.05) is 38.4 Å². The van der Waals surface area contributed by atoms with Crippen LogP contribution in [0.2, 0.25) is 0 Å². The van der Waals surface area contributed by atoms with Gasteiger partial charge in [0.2, 0.25) is 5.91 Å². The maximum atomic E-state index is 11.8. The van der Waals surface area contributed by atoms with Gasteiger partial charge in [-0.3, -0.25) is 4.79 Å². The molecule has 0 radical (unpaired) electrons. The first-order chi connectivity index (χ1) is 20.7. The summed E-state index contributed by atoms with van der Waals surface area (Å²) in [7, 11) is 0.303. The minimum absolute atomic E-state index is 0. The van der Waals surface area contributed by atoms with Crippen LogP contribution in [0.1, 0.15) is 46.4 Å². The van der Waals surface area contributed by atoms with Gasteiger partial charge in [0.1, 0.15) is 22.0 Å². The number of anilines is 1. The Morgan fingerprint density at radius 2 is 1.77 bits per heavy atom. The zero-order valence-electron chi connectivity index (χ0n) is 24.5. The number of carbonyl (C=O) groups is 1. The summed E-state index contributed by atoms with van der Waals surface area (Å²) in [4.78, 5) is 23.8. The monoisotopic (exact) mass is 625 g/mol. The van der Waals surface area contributed by atoms with Crippen molar-refractivity contribution in [3.8, 4) is 38.7 Å². The van der Waals surface area contributed by atoms with Gasteiger partial charge in [-0.15, -0.1) is 11.3 Å². The largest absolute Gasteiger partial charge is 0.495 e. The molecule has 12 heteroatoms. The third-order valence-electron chi connectivity index (χ3n) is 8.16. The number of thiazole rings is 1. The van der Waals surface area contributed by atoms with Crippen molar-refractivity contribution in [2.45, 2.75) is 50.5 Å². The third kappa shape index (κ3) is 7.64. The Bertz CT molecular complexity index is 1570. The lowest BCUT2D eigenvalue weighted by Crippen LogP contribution is -2.40. The van der Waals surface area contributed by atoms with Crippen molar-refractivity contribution in [3.63, 3.8) is 0 Å². The summed E-state index contributed by atoms with van der Waals surface area (Å²) >= 11 is 1.54. The third-order valence-corrected chi connectivity index (χ3v) is 10.8. The van der Waals surface area contributed by atoms with E-state index in [-0.39, 0.29) is 24.8 Å². The van der Waals surface area contributed by atoms with E-state index in [9.17, 15) is 13.2 Å². The van der Waals surface area contributed by atoms with E-state index < -0.39 is 15.4 Å². The number of pyridine rings is 1. The molecule has 1 aromatic carbocycles. The van der Waals surface area contributed by atoms with Crippen molar-refractivity contribution in [2.75, 3.05) is 43.7 Å². The van der Waals surface area contributed by atoms with Crippen LogP contribution in [-0.4, -0.2) is 68.6 Å². The molecule has 2 aliphatic carbocycles. The Kier molecular flexibility index (Phi) is 9.52. The van der Waals surface area contributed by atoms with Crippen molar-refractivity contribution >= 4 is 32.8 Å². The Labute approximate surface area is 258 Å². The van der Waals surface area contributed by atoms with Gasteiger partial charge in [-0.05, 0) is 43.4 Å². The predicted molar refractivity (Wildman–Crippen MR) is 169 cm³/mol. The molecule has 43 heavy (non-hydrogen) atoms. The van der Waals surface area contributed by atoms with Crippen molar-refractivity contribution in [1.29, 1.82) is 5.26 Å². The number of hydrogen-bond acceptors (Lipinski definition) is 10. The van der Waals surface area contributed by atoms with E-state index in [0.29, 0.717) is 30.3 Å². The number of sulfone groups is 1. The van der Waals surface area contributed by atoms with Crippen LogP contribution in [0.3, 0.4) is 0 Å². The first-order valence-electron chi connectivity index (χ1n) is 14.6. The number of rotatable bonds is 7. The SMILES string of the molecule is COc1cnc(-c2ncc(-c3ccc(N4CCS(=O)(=O)CC4)cc3)s2)c(OC)c1.N#CC1(NC(=O)C2CCCCC2)CC1.[HH]. The van der Waals surface area contributed by atoms with E-state index in [1.165, 1.54) is 17.8 Å². The van der Waals surface area contributed by atoms with Gasteiger partial charge in [0.05, 0.1) is 42.9 Å². The number of nitriles is 1. The predicted octanol–water partition coefficient (Wildman–Crippen LogP) is 5.11. The van der Waals surface area contributed by atoms with Gasteiger partial charge in [-0.1, -0.05) is 31.4 Å². The molecule has 0 spiro atoms. The van der Waals surface area contributed by atoms with Gasteiger partial charge >= 0.3 is 0 Å². The Morgan fingerprint density at radius 3 is 2.37 bits per heavy atom. The van der Waals surface area contributed by atoms with E-state index in [4.69, 9.17) is 14.7 Å². The lowest BCUT2D eigenvalue weighted by atomic mass is 9.88. The average molecular weight is 626 g/mol. The summed E-state index contributed by atoms with van der Waals surface area (Å²) in [5.41, 5.74) is 2.28. The summed E-state index contributed by atoms with van der Waals surface area (Å²) in [6.45, 7) is 1.07. The normalized spacial score (nSPS) is 18.9. The zero-order valence-corrected chi connectivity index (χ0v) is 26.2. The van der Waals surface area contributed by atoms with Crippen LogP contribution in [0.4, 0.5) is 5.69 Å². The molecule has 0 atom stereocenters. The summed E-state index contributed by atoms with van der Waals surface area (Å²) in [6, 6.07) is 12.1. The number of aromatic nitrogens is 2. The fourth-order valence-corrected chi connectivity index (χ4v) is 7.40. The number of benzene rings is 1. The number of ether oxygens (including phenoxy) is 2. The van der Waals surface area contributed by atoms with Gasteiger partial charge in [0.25, 0.3) is 0 Å². The number of hydrogen-bond donors (Lipinski definition) is 1. The number of methoxy groups -OCH3 is 2. The fraction of sp³-hybridized carbons (Fsp3) is 0.484. The van der Waals surface area contributed by atoms with Crippen LogP contribution in [0, 0.1) is 17.2 Å². The highest BCUT2D eigenvalue weighted by Gasteiger charge is 2.45. The van der Waals surface area contributed by atoms with Gasteiger partial charge in [-0.25, -0.2) is 18.4 Å². The van der Waals surface area contributed by atoms with Crippen LogP contribution in [0.15, 0.2) is 42.7 Å². The molecule has 3 heterocycles. The molecule has 3 aliphatic rings.